The summed E-state index contributed by atoms with van der Waals surface area (Å²) >= 11 is -2.70. The summed E-state index contributed by atoms with van der Waals surface area (Å²) in [5, 5.41) is -0.436. The Bertz CT molecular complexity index is 583. The minimum absolute atomic E-state index is 0.215. The van der Waals surface area contributed by atoms with E-state index in [0.717, 1.165) is 4.90 Å². The summed E-state index contributed by atoms with van der Waals surface area (Å²) in [5.74, 6) is -0.215. The van der Waals surface area contributed by atoms with E-state index in [-0.39, 0.29) is 9.90 Å². The van der Waals surface area contributed by atoms with Gasteiger partial charge in [0.05, 0.1) is 0 Å². The predicted molar refractivity (Wildman–Crippen MR) is 116 cm³/mol. The van der Waals surface area contributed by atoms with Crippen LogP contribution in [0.1, 0.15) is 59.3 Å². The van der Waals surface area contributed by atoms with Gasteiger partial charge in [0.25, 0.3) is 0 Å². The monoisotopic (exact) mass is 500 g/mol. The molecule has 1 aliphatic rings. The van der Waals surface area contributed by atoms with Gasteiger partial charge in [-0.05, 0) is 0 Å². The van der Waals surface area contributed by atoms with Crippen molar-refractivity contribution in [3.05, 3.63) is 30.3 Å². The fraction of sp³-hybridized carbons (Fsp3) is 0.682. The molecule has 1 fully saturated rings. The van der Waals surface area contributed by atoms with Crippen molar-refractivity contribution in [1.82, 2.24) is 0 Å². The maximum absolute atomic E-state index is 13.4. The maximum atomic E-state index is 13.4. The van der Waals surface area contributed by atoms with Crippen LogP contribution in [-0.4, -0.2) is 40.4 Å². The number of unbranched alkanes of at least 4 members (excludes halogenated alkanes) is 3. The fourth-order valence-electron chi connectivity index (χ4n) is 4.46. The van der Waals surface area contributed by atoms with Crippen molar-refractivity contribution in [3.63, 3.8) is 0 Å². The van der Waals surface area contributed by atoms with Crippen LogP contribution in [0.25, 0.3) is 0 Å². The third-order valence-electron chi connectivity index (χ3n) is 6.08. The van der Waals surface area contributed by atoms with Crippen LogP contribution in [-0.2, 0) is 20.3 Å². The summed E-state index contributed by atoms with van der Waals surface area (Å²) < 4.78 is 23.2. The summed E-state index contributed by atoms with van der Waals surface area (Å²) in [4.78, 5) is 13.5. The molecule has 1 saturated heterocycles. The molecule has 1 unspecified atom stereocenters. The molecule has 0 amide bonds. The van der Waals surface area contributed by atoms with Gasteiger partial charge in [-0.1, -0.05) is 0 Å². The number of rotatable bonds is 12. The molecule has 3 atom stereocenters. The van der Waals surface area contributed by atoms with Gasteiger partial charge in [0.2, 0.25) is 0 Å². The molecule has 3 nitrogen and oxygen atoms in total. The Hall–Kier alpha value is -0.361. The normalized spacial score (nSPS) is 21.2. The molecule has 1 heterocycles. The van der Waals surface area contributed by atoms with Gasteiger partial charge < -0.3 is 0 Å². The number of ether oxygens (including phenoxy) is 1. The molecular weight excluding hydrogens is 463 g/mol. The summed E-state index contributed by atoms with van der Waals surface area (Å²) in [5.41, 5.74) is 0. The van der Waals surface area contributed by atoms with E-state index < -0.39 is 34.4 Å². The van der Waals surface area contributed by atoms with Crippen molar-refractivity contribution >= 4 is 35.1 Å². The van der Waals surface area contributed by atoms with Crippen LogP contribution >= 0.6 is 0 Å². The molecular formula is C22H36O3SSn. The first-order valence-electron chi connectivity index (χ1n) is 10.7. The second-order valence-electron chi connectivity index (χ2n) is 7.94. The number of benzene rings is 1. The van der Waals surface area contributed by atoms with Gasteiger partial charge in [-0.3, -0.25) is 0 Å². The van der Waals surface area contributed by atoms with Gasteiger partial charge >= 0.3 is 173 Å². The van der Waals surface area contributed by atoms with Crippen molar-refractivity contribution in [2.75, 3.05) is 6.61 Å². The van der Waals surface area contributed by atoms with Crippen LogP contribution < -0.4 is 0 Å². The Kier molecular flexibility index (Phi) is 9.84. The first-order chi connectivity index (χ1) is 13.1. The van der Waals surface area contributed by atoms with E-state index in [2.05, 4.69) is 20.8 Å². The minimum atomic E-state index is -2.70. The van der Waals surface area contributed by atoms with Gasteiger partial charge in [0.1, 0.15) is 0 Å². The molecule has 0 N–H and O–H groups in total. The van der Waals surface area contributed by atoms with Gasteiger partial charge in [0, 0.05) is 0 Å². The van der Waals surface area contributed by atoms with Gasteiger partial charge in [-0.2, -0.15) is 0 Å². The molecule has 1 aromatic carbocycles. The summed E-state index contributed by atoms with van der Waals surface area (Å²) in [7, 11) is -1.30. The molecule has 2 rings (SSSR count). The van der Waals surface area contributed by atoms with Gasteiger partial charge in [-0.15, -0.1) is 0 Å². The molecule has 1 aliphatic heterocycles. The number of hydrogen-bond donors (Lipinski definition) is 0. The summed E-state index contributed by atoms with van der Waals surface area (Å²) in [6.45, 7) is 7.29. The van der Waals surface area contributed by atoms with Crippen molar-refractivity contribution in [2.24, 2.45) is 0 Å². The third kappa shape index (κ3) is 5.81. The third-order valence-corrected chi connectivity index (χ3v) is 26.0. The van der Waals surface area contributed by atoms with E-state index in [4.69, 9.17) is 4.74 Å². The Labute approximate surface area is 172 Å². The van der Waals surface area contributed by atoms with Crippen molar-refractivity contribution in [1.29, 1.82) is 0 Å². The molecule has 0 bridgehead atoms. The molecule has 0 aromatic heterocycles. The number of carbonyl (C=O) groups is 1. The molecule has 0 aliphatic carbocycles. The zero-order valence-electron chi connectivity index (χ0n) is 17.2. The average molecular weight is 499 g/mol. The van der Waals surface area contributed by atoms with Crippen LogP contribution in [0.4, 0.5) is 0 Å². The van der Waals surface area contributed by atoms with E-state index in [9.17, 15) is 9.00 Å². The van der Waals surface area contributed by atoms with Crippen LogP contribution in [0, 0.1) is 0 Å². The molecule has 152 valence electrons. The average Bonchev–Trinajstić information content (AvgIpc) is 3.10. The Morgan fingerprint density at radius 1 is 0.963 bits per heavy atom. The van der Waals surface area contributed by atoms with Crippen LogP contribution in [0.15, 0.2) is 35.2 Å². The number of carbonyl (C=O) groups excluding carboxylic acids is 1. The van der Waals surface area contributed by atoms with Crippen LogP contribution in [0.2, 0.25) is 17.2 Å². The first-order valence-corrected chi connectivity index (χ1v) is 19.6. The molecule has 0 radical (unpaired) electrons. The van der Waals surface area contributed by atoms with Gasteiger partial charge in [-0.25, -0.2) is 0 Å². The van der Waals surface area contributed by atoms with E-state index in [0.29, 0.717) is 6.61 Å². The van der Waals surface area contributed by atoms with E-state index >= 15 is 0 Å². The molecule has 0 spiro atoms. The SMILES string of the molecule is CCC[CH2][Sn]([CH2]CCC)([CH2]CCC)[C@H]1COC(=O)[C@@H]1S(=O)c1ccccc1. The fourth-order valence-corrected chi connectivity index (χ4v) is 26.6. The summed E-state index contributed by atoms with van der Waals surface area (Å²) in [6.07, 6.45) is 7.34. The van der Waals surface area contributed by atoms with E-state index in [1.54, 1.807) is 0 Å². The second-order valence-corrected chi connectivity index (χ2v) is 23.7. The topological polar surface area (TPSA) is 43.4 Å². The van der Waals surface area contributed by atoms with Crippen molar-refractivity contribution in [2.45, 2.75) is 86.7 Å². The standard InChI is InChI=1S/C10H9O3S.3C4H9.Sn/c11-10-9(6-7-13-10)14(12)8-4-2-1-3-5-8;3*1-3-4-2;/h1-6,9H,7H2;3*1,3-4H2,2H3;/t9-,14?;;;;/m1..../s1. The molecule has 27 heavy (non-hydrogen) atoms. The van der Waals surface area contributed by atoms with Crippen LogP contribution in [0.5, 0.6) is 0 Å². The number of cyclic esters (lactones) is 1. The second kappa shape index (κ2) is 11.6. The Morgan fingerprint density at radius 2 is 1.48 bits per heavy atom. The Morgan fingerprint density at radius 3 is 1.96 bits per heavy atom. The Balaban J connectivity index is 2.37. The summed E-state index contributed by atoms with van der Waals surface area (Å²) in [6, 6.07) is 9.52. The zero-order valence-corrected chi connectivity index (χ0v) is 20.9. The van der Waals surface area contributed by atoms with Crippen LogP contribution in [0.3, 0.4) is 0 Å². The molecule has 0 saturated carbocycles. The number of hydrogen-bond acceptors (Lipinski definition) is 3. The van der Waals surface area contributed by atoms with Crippen molar-refractivity contribution < 1.29 is 13.7 Å². The zero-order chi connectivity index (χ0) is 19.7. The predicted octanol–water partition coefficient (Wildman–Crippen LogP) is 5.94. The van der Waals surface area contributed by atoms with E-state index in [1.807, 2.05) is 30.3 Å². The quantitative estimate of drug-likeness (QED) is 0.264. The van der Waals surface area contributed by atoms with Gasteiger partial charge in [0.15, 0.2) is 0 Å². The van der Waals surface area contributed by atoms with E-state index in [1.165, 1.54) is 51.8 Å². The number of esters is 1. The first kappa shape index (κ1) is 22.9. The molecule has 1 aromatic rings. The van der Waals surface area contributed by atoms with Crippen molar-refractivity contribution in [3.8, 4) is 0 Å². The molecule has 5 heteroatoms.